The van der Waals surface area contributed by atoms with E-state index < -0.39 is 5.97 Å². The number of carbonyl (C=O) groups excluding carboxylic acids is 1. The second-order valence-corrected chi connectivity index (χ2v) is 3.67. The average molecular weight is 231 g/mol. The molecule has 0 aliphatic rings. The lowest BCUT2D eigenvalue weighted by atomic mass is 10.1. The normalized spacial score (nSPS) is 10.2. The van der Waals surface area contributed by atoms with Crippen LogP contribution in [0.25, 0.3) is 0 Å². The summed E-state index contributed by atoms with van der Waals surface area (Å²) in [6, 6.07) is 9.82. The van der Waals surface area contributed by atoms with Crippen LogP contribution in [0.1, 0.15) is 27.7 Å². The van der Waals surface area contributed by atoms with E-state index in [1.165, 1.54) is 7.11 Å². The molecule has 0 saturated heterocycles. The van der Waals surface area contributed by atoms with Crippen molar-refractivity contribution in [3.63, 3.8) is 0 Å². The highest BCUT2D eigenvalue weighted by Crippen LogP contribution is 2.14. The molecule has 2 aromatic rings. The number of nitrogens with zero attached hydrogens (tertiary/aromatic N) is 1. The van der Waals surface area contributed by atoms with E-state index in [4.69, 9.17) is 4.42 Å². The Morgan fingerprint density at radius 1 is 1.35 bits per heavy atom. The highest BCUT2D eigenvalue weighted by molar-refractivity contribution is 5.88. The minimum Gasteiger partial charge on any atom is -0.464 e. The SMILES string of the molecule is COC(=O)c1nc(Cc2ccccc2)oc1C. The smallest absolute Gasteiger partial charge is 0.360 e. The van der Waals surface area contributed by atoms with Crippen LogP contribution >= 0.6 is 0 Å². The fraction of sp³-hybridized carbons (Fsp3) is 0.231. The summed E-state index contributed by atoms with van der Waals surface area (Å²) in [4.78, 5) is 15.5. The molecule has 0 amide bonds. The zero-order valence-electron chi connectivity index (χ0n) is 9.77. The summed E-state index contributed by atoms with van der Waals surface area (Å²) in [6.07, 6.45) is 0.568. The predicted molar refractivity (Wildman–Crippen MR) is 61.8 cm³/mol. The second kappa shape index (κ2) is 4.82. The molecule has 88 valence electrons. The van der Waals surface area contributed by atoms with Crippen molar-refractivity contribution in [1.82, 2.24) is 4.98 Å². The highest BCUT2D eigenvalue weighted by Gasteiger charge is 2.17. The lowest BCUT2D eigenvalue weighted by Gasteiger charge is -1.95. The Hall–Kier alpha value is -2.10. The van der Waals surface area contributed by atoms with Gasteiger partial charge in [0.05, 0.1) is 7.11 Å². The van der Waals surface area contributed by atoms with Gasteiger partial charge in [0.1, 0.15) is 5.76 Å². The largest absolute Gasteiger partial charge is 0.464 e. The summed E-state index contributed by atoms with van der Waals surface area (Å²) in [5, 5.41) is 0. The Morgan fingerprint density at radius 3 is 2.71 bits per heavy atom. The Kier molecular flexibility index (Phi) is 3.23. The van der Waals surface area contributed by atoms with Crippen molar-refractivity contribution in [3.8, 4) is 0 Å². The molecule has 1 heterocycles. The van der Waals surface area contributed by atoms with Gasteiger partial charge in [-0.3, -0.25) is 0 Å². The van der Waals surface area contributed by atoms with E-state index in [0.717, 1.165) is 5.56 Å². The number of esters is 1. The summed E-state index contributed by atoms with van der Waals surface area (Å²) in [5.74, 6) is 0.544. The molecule has 0 N–H and O–H groups in total. The number of methoxy groups -OCH3 is 1. The molecule has 0 aliphatic carbocycles. The third kappa shape index (κ3) is 2.53. The van der Waals surface area contributed by atoms with Gasteiger partial charge in [-0.05, 0) is 12.5 Å². The summed E-state index contributed by atoms with van der Waals surface area (Å²) < 4.78 is 10.0. The van der Waals surface area contributed by atoms with Gasteiger partial charge in [-0.25, -0.2) is 9.78 Å². The Labute approximate surface area is 99.2 Å². The van der Waals surface area contributed by atoms with Gasteiger partial charge in [0.2, 0.25) is 0 Å². The molecule has 1 aromatic carbocycles. The van der Waals surface area contributed by atoms with Gasteiger partial charge in [-0.15, -0.1) is 0 Å². The van der Waals surface area contributed by atoms with Gasteiger partial charge in [0.25, 0.3) is 0 Å². The molecule has 0 saturated carbocycles. The third-order valence-corrected chi connectivity index (χ3v) is 2.42. The second-order valence-electron chi connectivity index (χ2n) is 3.67. The quantitative estimate of drug-likeness (QED) is 0.761. The van der Waals surface area contributed by atoms with E-state index in [0.29, 0.717) is 18.1 Å². The maximum absolute atomic E-state index is 11.4. The number of rotatable bonds is 3. The molecule has 0 bridgehead atoms. The van der Waals surface area contributed by atoms with Crippen LogP contribution < -0.4 is 0 Å². The molecule has 0 unspecified atom stereocenters. The van der Waals surface area contributed by atoms with Crippen molar-refractivity contribution < 1.29 is 13.9 Å². The predicted octanol–water partition coefficient (Wildman–Crippen LogP) is 2.36. The van der Waals surface area contributed by atoms with Crippen molar-refractivity contribution in [2.75, 3.05) is 7.11 Å². The zero-order chi connectivity index (χ0) is 12.3. The number of benzene rings is 1. The van der Waals surface area contributed by atoms with Crippen LogP contribution in [0.2, 0.25) is 0 Å². The van der Waals surface area contributed by atoms with E-state index >= 15 is 0 Å². The summed E-state index contributed by atoms with van der Waals surface area (Å²) >= 11 is 0. The number of oxazole rings is 1. The zero-order valence-corrected chi connectivity index (χ0v) is 9.77. The molecule has 4 nitrogen and oxygen atoms in total. The standard InChI is InChI=1S/C13H13NO3/c1-9-12(13(15)16-2)14-11(17-9)8-10-6-4-3-5-7-10/h3-7H,8H2,1-2H3. The van der Waals surface area contributed by atoms with Crippen LogP contribution in [0.3, 0.4) is 0 Å². The molecule has 1 aromatic heterocycles. The summed E-state index contributed by atoms with van der Waals surface area (Å²) in [5.41, 5.74) is 1.34. The monoisotopic (exact) mass is 231 g/mol. The van der Waals surface area contributed by atoms with Gasteiger partial charge in [0.15, 0.2) is 11.6 Å². The Morgan fingerprint density at radius 2 is 2.06 bits per heavy atom. The number of hydrogen-bond donors (Lipinski definition) is 0. The molecule has 2 rings (SSSR count). The molecular formula is C13H13NO3. The minimum atomic E-state index is -0.467. The van der Waals surface area contributed by atoms with E-state index in [2.05, 4.69) is 9.72 Å². The third-order valence-electron chi connectivity index (χ3n) is 2.42. The van der Waals surface area contributed by atoms with Crippen LogP contribution in [0, 0.1) is 6.92 Å². The van der Waals surface area contributed by atoms with Gasteiger partial charge < -0.3 is 9.15 Å². The molecule has 0 fully saturated rings. The van der Waals surface area contributed by atoms with Crippen LogP contribution in [-0.2, 0) is 11.2 Å². The number of carbonyl (C=O) groups is 1. The van der Waals surface area contributed by atoms with Gasteiger partial charge in [-0.1, -0.05) is 30.3 Å². The fourth-order valence-electron chi connectivity index (χ4n) is 1.58. The molecule has 0 radical (unpaired) electrons. The first-order valence-corrected chi connectivity index (χ1v) is 5.29. The van der Waals surface area contributed by atoms with Crippen molar-refractivity contribution in [1.29, 1.82) is 0 Å². The minimum absolute atomic E-state index is 0.249. The first-order chi connectivity index (χ1) is 8.20. The maximum atomic E-state index is 11.4. The molecule has 4 heteroatoms. The average Bonchev–Trinajstić information content (AvgIpc) is 2.70. The molecular weight excluding hydrogens is 218 g/mol. The van der Waals surface area contributed by atoms with E-state index in [1.54, 1.807) is 6.92 Å². The van der Waals surface area contributed by atoms with Crippen LogP contribution in [0.5, 0.6) is 0 Å². The number of ether oxygens (including phenoxy) is 1. The molecule has 17 heavy (non-hydrogen) atoms. The lowest BCUT2D eigenvalue weighted by Crippen LogP contribution is -2.03. The van der Waals surface area contributed by atoms with Gasteiger partial charge >= 0.3 is 5.97 Å². The Balaban J connectivity index is 2.21. The first-order valence-electron chi connectivity index (χ1n) is 5.29. The summed E-state index contributed by atoms with van der Waals surface area (Å²) in [6.45, 7) is 1.70. The summed E-state index contributed by atoms with van der Waals surface area (Å²) in [7, 11) is 1.33. The van der Waals surface area contributed by atoms with E-state index in [-0.39, 0.29) is 5.69 Å². The van der Waals surface area contributed by atoms with Gasteiger partial charge in [-0.2, -0.15) is 0 Å². The Bertz CT molecular complexity index is 517. The van der Waals surface area contributed by atoms with Crippen molar-refractivity contribution in [2.45, 2.75) is 13.3 Å². The van der Waals surface area contributed by atoms with Crippen molar-refractivity contribution >= 4 is 5.97 Å². The van der Waals surface area contributed by atoms with E-state index in [9.17, 15) is 4.79 Å². The topological polar surface area (TPSA) is 52.3 Å². The molecule has 0 aliphatic heterocycles. The van der Waals surface area contributed by atoms with Crippen LogP contribution in [0.4, 0.5) is 0 Å². The van der Waals surface area contributed by atoms with Crippen molar-refractivity contribution in [3.05, 3.63) is 53.2 Å². The van der Waals surface area contributed by atoms with Crippen LogP contribution in [-0.4, -0.2) is 18.1 Å². The number of aryl methyl sites for hydroxylation is 1. The number of aromatic nitrogens is 1. The molecule has 0 spiro atoms. The molecule has 0 atom stereocenters. The van der Waals surface area contributed by atoms with Gasteiger partial charge in [0, 0.05) is 6.42 Å². The number of hydrogen-bond acceptors (Lipinski definition) is 4. The first kappa shape index (κ1) is 11.4. The van der Waals surface area contributed by atoms with Crippen LogP contribution in [0.15, 0.2) is 34.7 Å². The lowest BCUT2D eigenvalue weighted by molar-refractivity contribution is 0.0593. The highest BCUT2D eigenvalue weighted by atomic mass is 16.5. The maximum Gasteiger partial charge on any atom is 0.360 e. The van der Waals surface area contributed by atoms with E-state index in [1.807, 2.05) is 30.3 Å². The fourth-order valence-corrected chi connectivity index (χ4v) is 1.58. The van der Waals surface area contributed by atoms with Crippen molar-refractivity contribution in [2.24, 2.45) is 0 Å².